The Morgan fingerprint density at radius 3 is 2.78 bits per heavy atom. The molecule has 136 valence electrons. The first-order valence-electron chi connectivity index (χ1n) is 8.54. The van der Waals surface area contributed by atoms with Crippen LogP contribution in [0.2, 0.25) is 0 Å². The number of phenolic OH excluding ortho intramolecular Hbond substituents is 1. The molecule has 2 aromatic carbocycles. The lowest BCUT2D eigenvalue weighted by Crippen LogP contribution is -2.26. The SMILES string of the molecule is COc1cccc(C2=NN(C(=O)c3ccco3)C(c3ccccc3O)C2)c1. The number of para-hydroxylation sites is 1. The zero-order chi connectivity index (χ0) is 18.8. The molecule has 1 aliphatic rings. The average molecular weight is 362 g/mol. The van der Waals surface area contributed by atoms with Gasteiger partial charge in [-0.15, -0.1) is 0 Å². The Labute approximate surface area is 156 Å². The summed E-state index contributed by atoms with van der Waals surface area (Å²) < 4.78 is 10.5. The molecule has 2 heterocycles. The summed E-state index contributed by atoms with van der Waals surface area (Å²) in [5, 5.41) is 16.2. The molecule has 1 aromatic heterocycles. The van der Waals surface area contributed by atoms with E-state index in [0.29, 0.717) is 17.7 Å². The number of hydrogen-bond donors (Lipinski definition) is 1. The minimum Gasteiger partial charge on any atom is -0.508 e. The Bertz CT molecular complexity index is 995. The Kier molecular flexibility index (Phi) is 4.38. The van der Waals surface area contributed by atoms with Crippen LogP contribution in [0.15, 0.2) is 76.4 Å². The molecule has 0 aliphatic carbocycles. The van der Waals surface area contributed by atoms with E-state index >= 15 is 0 Å². The largest absolute Gasteiger partial charge is 0.508 e. The molecule has 0 saturated heterocycles. The van der Waals surface area contributed by atoms with Gasteiger partial charge in [0.1, 0.15) is 11.5 Å². The Morgan fingerprint density at radius 1 is 1.19 bits per heavy atom. The number of hydrogen-bond acceptors (Lipinski definition) is 5. The van der Waals surface area contributed by atoms with E-state index in [-0.39, 0.29) is 17.4 Å². The third kappa shape index (κ3) is 3.17. The highest BCUT2D eigenvalue weighted by Gasteiger charge is 2.36. The zero-order valence-corrected chi connectivity index (χ0v) is 14.7. The second-order valence-corrected chi connectivity index (χ2v) is 6.18. The molecule has 1 unspecified atom stereocenters. The second-order valence-electron chi connectivity index (χ2n) is 6.18. The van der Waals surface area contributed by atoms with Crippen molar-refractivity contribution in [2.24, 2.45) is 5.10 Å². The van der Waals surface area contributed by atoms with Gasteiger partial charge < -0.3 is 14.3 Å². The molecule has 1 N–H and O–H groups in total. The van der Waals surface area contributed by atoms with E-state index < -0.39 is 6.04 Å². The van der Waals surface area contributed by atoms with Gasteiger partial charge in [0, 0.05) is 17.5 Å². The van der Waals surface area contributed by atoms with E-state index in [1.165, 1.54) is 11.3 Å². The van der Waals surface area contributed by atoms with Crippen molar-refractivity contribution >= 4 is 11.6 Å². The van der Waals surface area contributed by atoms with Crippen molar-refractivity contribution < 1.29 is 19.1 Å². The summed E-state index contributed by atoms with van der Waals surface area (Å²) in [5.41, 5.74) is 2.24. The Hall–Kier alpha value is -3.54. The minimum absolute atomic E-state index is 0.127. The smallest absolute Gasteiger partial charge is 0.310 e. The molecule has 0 bridgehead atoms. The van der Waals surface area contributed by atoms with Crippen molar-refractivity contribution in [1.82, 2.24) is 5.01 Å². The number of ether oxygens (including phenoxy) is 1. The lowest BCUT2D eigenvalue weighted by molar-refractivity contribution is 0.0677. The molecule has 0 radical (unpaired) electrons. The fourth-order valence-corrected chi connectivity index (χ4v) is 3.20. The number of furan rings is 1. The maximum absolute atomic E-state index is 12.9. The Morgan fingerprint density at radius 2 is 2.04 bits per heavy atom. The lowest BCUT2D eigenvalue weighted by atomic mass is 9.97. The fraction of sp³-hybridized carbons (Fsp3) is 0.143. The van der Waals surface area contributed by atoms with Crippen LogP contribution in [0.25, 0.3) is 0 Å². The van der Waals surface area contributed by atoms with Gasteiger partial charge in [0.25, 0.3) is 0 Å². The average Bonchev–Trinajstić information content (AvgIpc) is 3.38. The molecule has 6 heteroatoms. The minimum atomic E-state index is -0.426. The number of phenols is 1. The first kappa shape index (κ1) is 16.9. The summed E-state index contributed by atoms with van der Waals surface area (Å²) in [4.78, 5) is 12.9. The second kappa shape index (κ2) is 6.99. The van der Waals surface area contributed by atoms with Gasteiger partial charge in [0.2, 0.25) is 0 Å². The molecular weight excluding hydrogens is 344 g/mol. The van der Waals surface area contributed by atoms with Crippen LogP contribution < -0.4 is 4.74 Å². The third-order valence-corrected chi connectivity index (χ3v) is 4.55. The van der Waals surface area contributed by atoms with Crippen molar-refractivity contribution in [2.45, 2.75) is 12.5 Å². The highest BCUT2D eigenvalue weighted by Crippen LogP contribution is 2.38. The van der Waals surface area contributed by atoms with Gasteiger partial charge in [-0.3, -0.25) is 4.79 Å². The van der Waals surface area contributed by atoms with Crippen LogP contribution in [0, 0.1) is 0 Å². The molecule has 3 aromatic rings. The van der Waals surface area contributed by atoms with E-state index in [4.69, 9.17) is 9.15 Å². The maximum Gasteiger partial charge on any atom is 0.310 e. The molecule has 1 aliphatic heterocycles. The first-order chi connectivity index (χ1) is 13.2. The van der Waals surface area contributed by atoms with Crippen LogP contribution in [0.4, 0.5) is 0 Å². The molecular formula is C21H18N2O4. The van der Waals surface area contributed by atoms with Gasteiger partial charge in [-0.05, 0) is 30.3 Å². The molecule has 0 spiro atoms. The van der Waals surface area contributed by atoms with E-state index in [9.17, 15) is 9.90 Å². The number of benzene rings is 2. The van der Waals surface area contributed by atoms with Gasteiger partial charge in [0.15, 0.2) is 5.76 Å². The molecule has 0 saturated carbocycles. The van der Waals surface area contributed by atoms with Crippen LogP contribution >= 0.6 is 0 Å². The predicted octanol–water partition coefficient (Wildman–Crippen LogP) is 3.99. The number of hydrazone groups is 1. The van der Waals surface area contributed by atoms with Crippen LogP contribution in [0.1, 0.15) is 34.1 Å². The van der Waals surface area contributed by atoms with Crippen LogP contribution in [-0.2, 0) is 0 Å². The van der Waals surface area contributed by atoms with E-state index in [2.05, 4.69) is 5.10 Å². The van der Waals surface area contributed by atoms with E-state index in [1.54, 1.807) is 37.4 Å². The van der Waals surface area contributed by atoms with Gasteiger partial charge >= 0.3 is 5.91 Å². The quantitative estimate of drug-likeness (QED) is 0.762. The number of aromatic hydroxyl groups is 1. The summed E-state index contributed by atoms with van der Waals surface area (Å²) in [5.74, 6) is 0.684. The number of rotatable bonds is 4. The highest BCUT2D eigenvalue weighted by atomic mass is 16.5. The summed E-state index contributed by atoms with van der Waals surface area (Å²) in [6.45, 7) is 0. The van der Waals surface area contributed by atoms with Gasteiger partial charge in [-0.1, -0.05) is 30.3 Å². The molecule has 27 heavy (non-hydrogen) atoms. The van der Waals surface area contributed by atoms with Crippen molar-refractivity contribution in [1.29, 1.82) is 0 Å². The Balaban J connectivity index is 1.75. The molecule has 0 fully saturated rings. The number of methoxy groups -OCH3 is 1. The van der Waals surface area contributed by atoms with Crippen molar-refractivity contribution in [2.75, 3.05) is 7.11 Å². The number of nitrogens with zero attached hydrogens (tertiary/aromatic N) is 2. The summed E-state index contributed by atoms with van der Waals surface area (Å²) in [6.07, 6.45) is 1.92. The monoisotopic (exact) mass is 362 g/mol. The number of amides is 1. The van der Waals surface area contributed by atoms with E-state index in [0.717, 1.165) is 11.3 Å². The zero-order valence-electron chi connectivity index (χ0n) is 14.7. The normalized spacial score (nSPS) is 16.3. The first-order valence-corrected chi connectivity index (χ1v) is 8.54. The van der Waals surface area contributed by atoms with Crippen LogP contribution in [0.5, 0.6) is 11.5 Å². The van der Waals surface area contributed by atoms with E-state index in [1.807, 2.05) is 30.3 Å². The van der Waals surface area contributed by atoms with Crippen molar-refractivity contribution in [3.8, 4) is 11.5 Å². The summed E-state index contributed by atoms with van der Waals surface area (Å²) in [6, 6.07) is 17.3. The number of carbonyl (C=O) groups excluding carboxylic acids is 1. The van der Waals surface area contributed by atoms with Gasteiger partial charge in [0.05, 0.1) is 25.1 Å². The molecule has 6 nitrogen and oxygen atoms in total. The molecule has 1 atom stereocenters. The van der Waals surface area contributed by atoms with Gasteiger partial charge in [-0.25, -0.2) is 5.01 Å². The van der Waals surface area contributed by atoms with Crippen LogP contribution in [0.3, 0.4) is 0 Å². The predicted molar refractivity (Wildman–Crippen MR) is 99.9 cm³/mol. The van der Waals surface area contributed by atoms with Crippen molar-refractivity contribution in [3.63, 3.8) is 0 Å². The molecule has 1 amide bonds. The third-order valence-electron chi connectivity index (χ3n) is 4.55. The maximum atomic E-state index is 12.9. The summed E-state index contributed by atoms with van der Waals surface area (Å²) in [7, 11) is 1.60. The topological polar surface area (TPSA) is 75.3 Å². The fourth-order valence-electron chi connectivity index (χ4n) is 3.20. The highest BCUT2D eigenvalue weighted by molar-refractivity contribution is 6.04. The van der Waals surface area contributed by atoms with Crippen molar-refractivity contribution in [3.05, 3.63) is 83.8 Å². The number of carbonyl (C=O) groups is 1. The lowest BCUT2D eigenvalue weighted by Gasteiger charge is -2.21. The van der Waals surface area contributed by atoms with Gasteiger partial charge in [-0.2, -0.15) is 5.10 Å². The standard InChI is InChI=1S/C21H18N2O4/c1-26-15-7-4-6-14(12-15)17-13-18(16-8-2-3-9-19(16)24)23(22-17)21(25)20-10-5-11-27-20/h2-12,18,24H,13H2,1H3. The molecule has 4 rings (SSSR count). The summed E-state index contributed by atoms with van der Waals surface area (Å²) >= 11 is 0. The van der Waals surface area contributed by atoms with Crippen LogP contribution in [-0.4, -0.2) is 28.8 Å².